The first-order valence-corrected chi connectivity index (χ1v) is 9.99. The molecule has 0 radical (unpaired) electrons. The standard InChI is InChI=1S/C23H26N2O/c26-23(19-10-6-17(7-11-19)16-4-2-1-3-5-16)22-21(18-8-9-18)13-12-20-14-24-15-25(20)22/h1-5,12-15,17-19,23,26H,6-11H2/t17?,19?,23-/m0/s1. The maximum Gasteiger partial charge on any atom is 0.0995 e. The molecule has 134 valence electrons. The van der Waals surface area contributed by atoms with Crippen LogP contribution in [-0.2, 0) is 0 Å². The fourth-order valence-corrected chi connectivity index (χ4v) is 4.80. The Morgan fingerprint density at radius 1 is 0.885 bits per heavy atom. The van der Waals surface area contributed by atoms with E-state index in [4.69, 9.17) is 0 Å². The first-order chi connectivity index (χ1) is 12.8. The van der Waals surface area contributed by atoms with Gasteiger partial charge in [-0.3, -0.25) is 0 Å². The second-order valence-corrected chi connectivity index (χ2v) is 8.10. The summed E-state index contributed by atoms with van der Waals surface area (Å²) in [7, 11) is 0. The SMILES string of the molecule is O[C@H](c1c(C2CC2)ccc2cncn12)C1CCC(c2ccccc2)CC1. The van der Waals surface area contributed by atoms with Crippen LogP contribution in [0.15, 0.2) is 55.0 Å². The molecule has 3 heteroatoms. The lowest BCUT2D eigenvalue weighted by atomic mass is 9.75. The van der Waals surface area contributed by atoms with Crippen LogP contribution < -0.4 is 0 Å². The number of hydrogen-bond acceptors (Lipinski definition) is 2. The van der Waals surface area contributed by atoms with Crippen molar-refractivity contribution in [1.29, 1.82) is 0 Å². The van der Waals surface area contributed by atoms with Crippen LogP contribution in [0.2, 0.25) is 0 Å². The highest BCUT2D eigenvalue weighted by molar-refractivity contribution is 5.50. The van der Waals surface area contributed by atoms with Crippen molar-refractivity contribution < 1.29 is 5.11 Å². The van der Waals surface area contributed by atoms with Gasteiger partial charge in [0.1, 0.15) is 0 Å². The minimum Gasteiger partial charge on any atom is -0.387 e. The van der Waals surface area contributed by atoms with E-state index < -0.39 is 0 Å². The third-order valence-electron chi connectivity index (χ3n) is 6.44. The fraction of sp³-hybridized carbons (Fsp3) is 0.435. The Balaban J connectivity index is 1.39. The lowest BCUT2D eigenvalue weighted by molar-refractivity contribution is 0.0754. The molecule has 2 aliphatic rings. The quantitative estimate of drug-likeness (QED) is 0.703. The van der Waals surface area contributed by atoms with Crippen LogP contribution in [0.1, 0.15) is 73.3 Å². The largest absolute Gasteiger partial charge is 0.387 e. The van der Waals surface area contributed by atoms with Gasteiger partial charge in [0.25, 0.3) is 0 Å². The second-order valence-electron chi connectivity index (χ2n) is 8.10. The number of fused-ring (bicyclic) bond motifs is 1. The molecule has 2 aromatic heterocycles. The highest BCUT2D eigenvalue weighted by atomic mass is 16.3. The second kappa shape index (κ2) is 6.55. The number of benzene rings is 1. The van der Waals surface area contributed by atoms with Crippen molar-refractivity contribution in [2.24, 2.45) is 5.92 Å². The van der Waals surface area contributed by atoms with E-state index in [9.17, 15) is 5.11 Å². The van der Waals surface area contributed by atoms with Gasteiger partial charge in [-0.2, -0.15) is 0 Å². The van der Waals surface area contributed by atoms with Crippen LogP contribution in [0.25, 0.3) is 5.52 Å². The number of aliphatic hydroxyl groups excluding tert-OH is 1. The van der Waals surface area contributed by atoms with Crippen LogP contribution in [0.3, 0.4) is 0 Å². The minimum absolute atomic E-state index is 0.348. The number of hydrogen-bond donors (Lipinski definition) is 1. The molecule has 0 spiro atoms. The first-order valence-electron chi connectivity index (χ1n) is 9.99. The van der Waals surface area contributed by atoms with Crippen molar-refractivity contribution >= 4 is 5.52 Å². The summed E-state index contributed by atoms with van der Waals surface area (Å²) in [6, 6.07) is 15.2. The minimum atomic E-state index is -0.389. The molecule has 0 saturated heterocycles. The van der Waals surface area contributed by atoms with Crippen LogP contribution in [0.5, 0.6) is 0 Å². The van der Waals surface area contributed by atoms with Gasteiger partial charge in [0.15, 0.2) is 0 Å². The summed E-state index contributed by atoms with van der Waals surface area (Å²) < 4.78 is 2.13. The van der Waals surface area contributed by atoms with Crippen LogP contribution in [0, 0.1) is 5.92 Å². The van der Waals surface area contributed by atoms with Gasteiger partial charge in [-0.1, -0.05) is 36.4 Å². The summed E-state index contributed by atoms with van der Waals surface area (Å²) in [6.07, 6.45) is 10.4. The van der Waals surface area contributed by atoms with E-state index in [0.29, 0.717) is 17.8 Å². The molecule has 0 amide bonds. The Morgan fingerprint density at radius 3 is 2.35 bits per heavy atom. The Labute approximate surface area is 154 Å². The molecule has 0 aliphatic heterocycles. The van der Waals surface area contributed by atoms with E-state index in [1.807, 2.05) is 12.5 Å². The van der Waals surface area contributed by atoms with Crippen molar-refractivity contribution in [1.82, 2.24) is 9.38 Å². The number of pyridine rings is 1. The molecule has 1 aromatic carbocycles. The first kappa shape index (κ1) is 16.1. The fourth-order valence-electron chi connectivity index (χ4n) is 4.80. The number of rotatable bonds is 4. The van der Waals surface area contributed by atoms with Gasteiger partial charge >= 0.3 is 0 Å². The van der Waals surface area contributed by atoms with Crippen molar-refractivity contribution in [3.05, 3.63) is 71.8 Å². The van der Waals surface area contributed by atoms with Gasteiger partial charge in [-0.15, -0.1) is 0 Å². The van der Waals surface area contributed by atoms with Crippen LogP contribution >= 0.6 is 0 Å². The maximum atomic E-state index is 11.3. The Bertz CT molecular complexity index is 889. The van der Waals surface area contributed by atoms with E-state index in [1.165, 1.54) is 36.8 Å². The predicted octanol–water partition coefficient (Wildman–Crippen LogP) is 5.22. The topological polar surface area (TPSA) is 37.5 Å². The highest BCUT2D eigenvalue weighted by Gasteiger charge is 2.34. The molecule has 5 rings (SSSR count). The van der Waals surface area contributed by atoms with E-state index >= 15 is 0 Å². The number of aliphatic hydroxyl groups is 1. The summed E-state index contributed by atoms with van der Waals surface area (Å²) in [5.74, 6) is 1.62. The average Bonchev–Trinajstić information content (AvgIpc) is 3.44. The molecule has 3 aromatic rings. The number of imidazole rings is 1. The summed E-state index contributed by atoms with van der Waals surface area (Å²) in [6.45, 7) is 0. The molecule has 1 N–H and O–H groups in total. The third kappa shape index (κ3) is 2.84. The molecule has 0 unspecified atom stereocenters. The number of aromatic nitrogens is 2. The zero-order valence-corrected chi connectivity index (χ0v) is 15.1. The molecule has 3 nitrogen and oxygen atoms in total. The van der Waals surface area contributed by atoms with E-state index in [2.05, 4.69) is 51.8 Å². The molecule has 2 fully saturated rings. The van der Waals surface area contributed by atoms with E-state index in [0.717, 1.165) is 24.1 Å². The third-order valence-corrected chi connectivity index (χ3v) is 6.44. The normalized spacial score (nSPS) is 24.7. The Hall–Kier alpha value is -2.13. The van der Waals surface area contributed by atoms with Crippen molar-refractivity contribution in [3.63, 3.8) is 0 Å². The predicted molar refractivity (Wildman–Crippen MR) is 103 cm³/mol. The smallest absolute Gasteiger partial charge is 0.0995 e. The molecular weight excluding hydrogens is 320 g/mol. The van der Waals surface area contributed by atoms with Gasteiger partial charge in [-0.25, -0.2) is 4.98 Å². The van der Waals surface area contributed by atoms with Crippen molar-refractivity contribution in [3.8, 4) is 0 Å². The summed E-state index contributed by atoms with van der Waals surface area (Å²) in [4.78, 5) is 4.31. The zero-order chi connectivity index (χ0) is 17.5. The molecule has 2 saturated carbocycles. The van der Waals surface area contributed by atoms with E-state index in [1.54, 1.807) is 0 Å². The highest BCUT2D eigenvalue weighted by Crippen LogP contribution is 2.47. The van der Waals surface area contributed by atoms with Crippen molar-refractivity contribution in [2.45, 2.75) is 56.5 Å². The lowest BCUT2D eigenvalue weighted by Crippen LogP contribution is -2.22. The van der Waals surface area contributed by atoms with Gasteiger partial charge < -0.3 is 9.51 Å². The average molecular weight is 346 g/mol. The molecular formula is C23H26N2O. The van der Waals surface area contributed by atoms with Crippen LogP contribution in [-0.4, -0.2) is 14.5 Å². The Morgan fingerprint density at radius 2 is 1.62 bits per heavy atom. The van der Waals surface area contributed by atoms with Gasteiger partial charge in [0.05, 0.1) is 29.8 Å². The number of nitrogens with zero attached hydrogens (tertiary/aromatic N) is 2. The summed E-state index contributed by atoms with van der Waals surface area (Å²) in [5, 5.41) is 11.3. The van der Waals surface area contributed by atoms with E-state index in [-0.39, 0.29) is 6.10 Å². The molecule has 1 atom stereocenters. The van der Waals surface area contributed by atoms with Crippen LogP contribution in [0.4, 0.5) is 0 Å². The zero-order valence-electron chi connectivity index (χ0n) is 15.1. The Kier molecular flexibility index (Phi) is 4.05. The molecule has 26 heavy (non-hydrogen) atoms. The lowest BCUT2D eigenvalue weighted by Gasteiger charge is -2.33. The monoisotopic (exact) mass is 346 g/mol. The summed E-state index contributed by atoms with van der Waals surface area (Å²) >= 11 is 0. The van der Waals surface area contributed by atoms with Gasteiger partial charge in [0.2, 0.25) is 0 Å². The molecule has 0 bridgehead atoms. The summed E-state index contributed by atoms with van der Waals surface area (Å²) in [5.41, 5.74) is 4.98. The van der Waals surface area contributed by atoms with Crippen molar-refractivity contribution in [2.75, 3.05) is 0 Å². The molecule has 2 aliphatic carbocycles. The molecule has 2 heterocycles. The van der Waals surface area contributed by atoms with Gasteiger partial charge in [-0.05, 0) is 73.5 Å². The maximum absolute atomic E-state index is 11.3. The van der Waals surface area contributed by atoms with Gasteiger partial charge in [0, 0.05) is 0 Å².